The summed E-state index contributed by atoms with van der Waals surface area (Å²) in [5.41, 5.74) is 6.68. The van der Waals surface area contributed by atoms with Crippen molar-refractivity contribution < 1.29 is 13.5 Å². The molecular formula is C16H14F2N2O. The number of nitrogens with zero attached hydrogens (tertiary/aromatic N) is 1. The Bertz CT molecular complexity index is 680. The molecule has 2 aromatic rings. The maximum absolute atomic E-state index is 13.8. The SMILES string of the molecule is N#Cc1ccc(COc2ccc(CCN)cc2F)c(F)c1. The Balaban J connectivity index is 2.08. The van der Waals surface area contributed by atoms with Crippen LogP contribution in [0.2, 0.25) is 0 Å². The van der Waals surface area contributed by atoms with E-state index in [0.717, 1.165) is 11.6 Å². The normalized spacial score (nSPS) is 10.2. The van der Waals surface area contributed by atoms with Gasteiger partial charge in [-0.25, -0.2) is 8.78 Å². The van der Waals surface area contributed by atoms with Crippen molar-refractivity contribution in [3.05, 3.63) is 64.7 Å². The van der Waals surface area contributed by atoms with E-state index in [1.165, 1.54) is 24.3 Å². The van der Waals surface area contributed by atoms with Crippen molar-refractivity contribution >= 4 is 0 Å². The number of rotatable bonds is 5. The molecule has 2 aromatic carbocycles. The number of benzene rings is 2. The highest BCUT2D eigenvalue weighted by Gasteiger charge is 2.08. The molecule has 0 unspecified atom stereocenters. The average Bonchev–Trinajstić information content (AvgIpc) is 2.48. The van der Waals surface area contributed by atoms with Crippen LogP contribution in [-0.2, 0) is 13.0 Å². The summed E-state index contributed by atoms with van der Waals surface area (Å²) in [5, 5.41) is 8.66. The van der Waals surface area contributed by atoms with E-state index in [0.29, 0.717) is 13.0 Å². The van der Waals surface area contributed by atoms with Crippen molar-refractivity contribution in [1.82, 2.24) is 0 Å². The van der Waals surface area contributed by atoms with E-state index >= 15 is 0 Å². The summed E-state index contributed by atoms with van der Waals surface area (Å²) in [4.78, 5) is 0. The van der Waals surface area contributed by atoms with Crippen LogP contribution in [0.3, 0.4) is 0 Å². The van der Waals surface area contributed by atoms with Crippen LogP contribution < -0.4 is 10.5 Å². The van der Waals surface area contributed by atoms with Gasteiger partial charge < -0.3 is 10.5 Å². The molecule has 0 heterocycles. The summed E-state index contributed by atoms with van der Waals surface area (Å²) in [6, 6.07) is 10.5. The molecule has 2 rings (SSSR count). The Morgan fingerprint density at radius 1 is 1.10 bits per heavy atom. The van der Waals surface area contributed by atoms with E-state index in [4.69, 9.17) is 15.7 Å². The maximum Gasteiger partial charge on any atom is 0.165 e. The second kappa shape index (κ2) is 6.82. The largest absolute Gasteiger partial charge is 0.486 e. The first-order valence-electron chi connectivity index (χ1n) is 6.44. The molecule has 0 aliphatic rings. The average molecular weight is 288 g/mol. The lowest BCUT2D eigenvalue weighted by Crippen LogP contribution is -2.04. The van der Waals surface area contributed by atoms with Crippen LogP contribution in [0.15, 0.2) is 36.4 Å². The maximum atomic E-state index is 13.8. The first kappa shape index (κ1) is 14.9. The highest BCUT2D eigenvalue weighted by Crippen LogP contribution is 2.20. The number of hydrogen-bond acceptors (Lipinski definition) is 3. The van der Waals surface area contributed by atoms with Crippen LogP contribution >= 0.6 is 0 Å². The van der Waals surface area contributed by atoms with Crippen molar-refractivity contribution in [2.75, 3.05) is 6.54 Å². The Morgan fingerprint density at radius 2 is 1.90 bits per heavy atom. The molecule has 0 aromatic heterocycles. The van der Waals surface area contributed by atoms with Gasteiger partial charge in [-0.2, -0.15) is 5.26 Å². The van der Waals surface area contributed by atoms with Gasteiger partial charge in [-0.05, 0) is 42.8 Å². The first-order valence-corrected chi connectivity index (χ1v) is 6.44. The molecule has 0 aliphatic heterocycles. The van der Waals surface area contributed by atoms with E-state index in [1.54, 1.807) is 6.07 Å². The minimum atomic E-state index is -0.547. The molecule has 3 nitrogen and oxygen atoms in total. The molecular weight excluding hydrogens is 274 g/mol. The Labute approximate surface area is 121 Å². The van der Waals surface area contributed by atoms with Gasteiger partial charge in [0.25, 0.3) is 0 Å². The van der Waals surface area contributed by atoms with Crippen molar-refractivity contribution in [3.63, 3.8) is 0 Å². The Hall–Kier alpha value is -2.45. The van der Waals surface area contributed by atoms with Crippen molar-refractivity contribution in [2.45, 2.75) is 13.0 Å². The molecule has 0 atom stereocenters. The predicted octanol–water partition coefficient (Wildman–Crippen LogP) is 2.92. The minimum Gasteiger partial charge on any atom is -0.486 e. The summed E-state index contributed by atoms with van der Waals surface area (Å²) in [7, 11) is 0. The van der Waals surface area contributed by atoms with Gasteiger partial charge in [0.2, 0.25) is 0 Å². The Morgan fingerprint density at radius 3 is 2.52 bits per heavy atom. The van der Waals surface area contributed by atoms with E-state index in [-0.39, 0.29) is 23.5 Å². The highest BCUT2D eigenvalue weighted by atomic mass is 19.1. The van der Waals surface area contributed by atoms with Gasteiger partial charge in [0.05, 0.1) is 11.6 Å². The molecule has 0 saturated carbocycles. The lowest BCUT2D eigenvalue weighted by Gasteiger charge is -2.09. The zero-order valence-corrected chi connectivity index (χ0v) is 11.3. The van der Waals surface area contributed by atoms with Gasteiger partial charge in [-0.1, -0.05) is 12.1 Å². The smallest absolute Gasteiger partial charge is 0.165 e. The fourth-order valence-corrected chi connectivity index (χ4v) is 1.87. The number of halogens is 2. The van der Waals surface area contributed by atoms with Crippen LogP contribution in [0.25, 0.3) is 0 Å². The molecule has 0 bridgehead atoms. The highest BCUT2D eigenvalue weighted by molar-refractivity contribution is 5.33. The lowest BCUT2D eigenvalue weighted by atomic mass is 10.1. The van der Waals surface area contributed by atoms with E-state index < -0.39 is 11.6 Å². The van der Waals surface area contributed by atoms with Crippen LogP contribution in [0.5, 0.6) is 5.75 Å². The molecule has 0 amide bonds. The van der Waals surface area contributed by atoms with Crippen LogP contribution in [0.4, 0.5) is 8.78 Å². The van der Waals surface area contributed by atoms with Gasteiger partial charge in [0, 0.05) is 5.56 Å². The fourth-order valence-electron chi connectivity index (χ4n) is 1.87. The molecule has 0 fully saturated rings. The predicted molar refractivity (Wildman–Crippen MR) is 74.6 cm³/mol. The van der Waals surface area contributed by atoms with Gasteiger partial charge in [0.15, 0.2) is 11.6 Å². The summed E-state index contributed by atoms with van der Waals surface area (Å²) in [5.74, 6) is -0.997. The van der Waals surface area contributed by atoms with Gasteiger partial charge in [-0.3, -0.25) is 0 Å². The van der Waals surface area contributed by atoms with E-state index in [2.05, 4.69) is 0 Å². The standard InChI is InChI=1S/C16H14F2N2O/c17-14-8-12(9-20)1-3-13(14)10-21-16-4-2-11(5-6-19)7-15(16)18/h1-4,7-8H,5-6,10,19H2. The van der Waals surface area contributed by atoms with E-state index in [1.807, 2.05) is 6.07 Å². The zero-order valence-electron chi connectivity index (χ0n) is 11.3. The zero-order chi connectivity index (χ0) is 15.2. The Kier molecular flexibility index (Phi) is 4.85. The molecule has 108 valence electrons. The first-order chi connectivity index (χ1) is 10.1. The van der Waals surface area contributed by atoms with Gasteiger partial charge in [-0.15, -0.1) is 0 Å². The molecule has 21 heavy (non-hydrogen) atoms. The minimum absolute atomic E-state index is 0.0551. The quantitative estimate of drug-likeness (QED) is 0.920. The number of hydrogen-bond donors (Lipinski definition) is 1. The molecule has 0 aliphatic carbocycles. The summed E-state index contributed by atoms with van der Waals surface area (Å²) in [6.45, 7) is 0.334. The molecule has 0 spiro atoms. The number of ether oxygens (including phenoxy) is 1. The van der Waals surface area contributed by atoms with Crippen molar-refractivity contribution in [2.24, 2.45) is 5.73 Å². The third-order valence-corrected chi connectivity index (χ3v) is 2.99. The van der Waals surface area contributed by atoms with Crippen molar-refractivity contribution in [1.29, 1.82) is 5.26 Å². The van der Waals surface area contributed by atoms with Gasteiger partial charge in [0.1, 0.15) is 12.4 Å². The summed E-state index contributed by atoms with van der Waals surface area (Å²) >= 11 is 0. The van der Waals surface area contributed by atoms with Crippen LogP contribution in [0, 0.1) is 23.0 Å². The molecule has 2 N–H and O–H groups in total. The second-order valence-corrected chi connectivity index (χ2v) is 4.51. The summed E-state index contributed by atoms with van der Waals surface area (Å²) < 4.78 is 32.7. The third-order valence-electron chi connectivity index (χ3n) is 2.99. The fraction of sp³-hybridized carbons (Fsp3) is 0.188. The third kappa shape index (κ3) is 3.77. The van der Waals surface area contributed by atoms with Crippen LogP contribution in [0.1, 0.15) is 16.7 Å². The topological polar surface area (TPSA) is 59.0 Å². The summed E-state index contributed by atoms with van der Waals surface area (Å²) in [6.07, 6.45) is 0.585. The van der Waals surface area contributed by atoms with Crippen LogP contribution in [-0.4, -0.2) is 6.54 Å². The molecule has 0 saturated heterocycles. The second-order valence-electron chi connectivity index (χ2n) is 4.51. The molecule has 0 radical (unpaired) electrons. The number of nitriles is 1. The monoisotopic (exact) mass is 288 g/mol. The number of nitrogens with two attached hydrogens (primary N) is 1. The van der Waals surface area contributed by atoms with Gasteiger partial charge >= 0.3 is 0 Å². The van der Waals surface area contributed by atoms with E-state index in [9.17, 15) is 8.78 Å². The van der Waals surface area contributed by atoms with Crippen molar-refractivity contribution in [3.8, 4) is 11.8 Å². The molecule has 5 heteroatoms. The lowest BCUT2D eigenvalue weighted by molar-refractivity contribution is 0.284.